The zero-order valence-corrected chi connectivity index (χ0v) is 13.7. The van der Waals surface area contributed by atoms with Crippen molar-refractivity contribution >= 4 is 23.5 Å². The fourth-order valence-electron chi connectivity index (χ4n) is 3.64. The van der Waals surface area contributed by atoms with Crippen molar-refractivity contribution in [1.29, 1.82) is 0 Å². The number of para-hydroxylation sites is 1. The van der Waals surface area contributed by atoms with Crippen LogP contribution in [0.5, 0.6) is 0 Å². The topological polar surface area (TPSA) is 86.7 Å². The van der Waals surface area contributed by atoms with Crippen LogP contribution < -0.4 is 10.2 Å². The summed E-state index contributed by atoms with van der Waals surface area (Å²) in [4.78, 5) is 37.9. The molecule has 0 saturated heterocycles. The Morgan fingerprint density at radius 2 is 1.88 bits per heavy atom. The first-order valence-electron chi connectivity index (χ1n) is 8.42. The van der Waals surface area contributed by atoms with E-state index in [0.717, 1.165) is 25.7 Å². The molecular weight excluding hydrogens is 308 g/mol. The molecule has 0 bridgehead atoms. The molecule has 1 aromatic carbocycles. The number of amides is 2. The monoisotopic (exact) mass is 330 g/mol. The minimum atomic E-state index is -0.944. The highest BCUT2D eigenvalue weighted by molar-refractivity contribution is 6.02. The second-order valence-corrected chi connectivity index (χ2v) is 6.61. The van der Waals surface area contributed by atoms with Crippen LogP contribution in [0.4, 0.5) is 5.69 Å². The molecule has 1 aliphatic carbocycles. The first-order chi connectivity index (χ1) is 11.5. The predicted octanol–water partition coefficient (Wildman–Crippen LogP) is 1.90. The highest BCUT2D eigenvalue weighted by Crippen LogP contribution is 2.36. The molecule has 1 aliphatic heterocycles. The largest absolute Gasteiger partial charge is 0.481 e. The lowest BCUT2D eigenvalue weighted by Gasteiger charge is -2.23. The van der Waals surface area contributed by atoms with Gasteiger partial charge in [0.2, 0.25) is 11.8 Å². The van der Waals surface area contributed by atoms with Gasteiger partial charge in [0.05, 0.1) is 0 Å². The molecule has 3 rings (SSSR count). The number of benzene rings is 1. The van der Waals surface area contributed by atoms with E-state index < -0.39 is 17.9 Å². The molecule has 1 heterocycles. The van der Waals surface area contributed by atoms with Crippen LogP contribution in [-0.2, 0) is 14.4 Å². The normalized spacial score (nSPS) is 21.4. The zero-order valence-electron chi connectivity index (χ0n) is 13.7. The van der Waals surface area contributed by atoms with E-state index in [1.54, 1.807) is 31.2 Å². The molecule has 0 radical (unpaired) electrons. The van der Waals surface area contributed by atoms with Crippen LogP contribution >= 0.6 is 0 Å². The minimum Gasteiger partial charge on any atom is -0.481 e. The number of aliphatic carboxylic acids is 1. The van der Waals surface area contributed by atoms with Crippen LogP contribution in [0.3, 0.4) is 0 Å². The number of carboxylic acid groups (broad SMARTS) is 1. The van der Waals surface area contributed by atoms with Gasteiger partial charge < -0.3 is 15.3 Å². The van der Waals surface area contributed by atoms with Gasteiger partial charge in [0.1, 0.15) is 12.0 Å². The van der Waals surface area contributed by atoms with Gasteiger partial charge in [-0.3, -0.25) is 14.4 Å². The Kier molecular flexibility index (Phi) is 4.55. The van der Waals surface area contributed by atoms with E-state index in [-0.39, 0.29) is 24.3 Å². The lowest BCUT2D eigenvalue weighted by molar-refractivity contribution is -0.138. The van der Waals surface area contributed by atoms with Crippen molar-refractivity contribution in [2.45, 2.75) is 44.6 Å². The van der Waals surface area contributed by atoms with Crippen molar-refractivity contribution in [1.82, 2.24) is 5.32 Å². The van der Waals surface area contributed by atoms with Crippen LogP contribution in [0.25, 0.3) is 0 Å². The second-order valence-electron chi connectivity index (χ2n) is 6.61. The number of carbonyl (C=O) groups excluding carboxylic acids is 2. The van der Waals surface area contributed by atoms with Crippen molar-refractivity contribution in [3.63, 3.8) is 0 Å². The smallest absolute Gasteiger partial charge is 0.312 e. The van der Waals surface area contributed by atoms with Crippen LogP contribution in [-0.4, -0.2) is 35.5 Å². The maximum Gasteiger partial charge on any atom is 0.312 e. The third-order valence-corrected chi connectivity index (χ3v) is 4.99. The number of rotatable bonds is 4. The number of hydrogen-bond donors (Lipinski definition) is 2. The Balaban J connectivity index is 1.72. The summed E-state index contributed by atoms with van der Waals surface area (Å²) in [6, 6.07) is 6.38. The lowest BCUT2D eigenvalue weighted by Crippen LogP contribution is -2.48. The van der Waals surface area contributed by atoms with Gasteiger partial charge in [-0.25, -0.2) is 0 Å². The van der Waals surface area contributed by atoms with Gasteiger partial charge in [0.25, 0.3) is 0 Å². The zero-order chi connectivity index (χ0) is 17.3. The molecule has 2 aliphatic rings. The van der Waals surface area contributed by atoms with Crippen molar-refractivity contribution in [2.24, 2.45) is 5.92 Å². The van der Waals surface area contributed by atoms with Crippen molar-refractivity contribution in [3.05, 3.63) is 29.8 Å². The first kappa shape index (κ1) is 16.5. The third-order valence-electron chi connectivity index (χ3n) is 4.99. The Hall–Kier alpha value is -2.37. The van der Waals surface area contributed by atoms with E-state index >= 15 is 0 Å². The minimum absolute atomic E-state index is 0.00196. The van der Waals surface area contributed by atoms with Crippen molar-refractivity contribution in [2.75, 3.05) is 11.4 Å². The SMILES string of the molecule is C[C@@H](NC(=O)C1CCCC1)C(=O)N1C[C@H](C(=O)O)c2ccccc21. The number of anilines is 1. The number of nitrogens with one attached hydrogen (secondary N) is 1. The molecule has 6 nitrogen and oxygen atoms in total. The molecule has 1 aromatic rings. The van der Waals surface area contributed by atoms with Gasteiger partial charge in [-0.05, 0) is 31.4 Å². The average molecular weight is 330 g/mol. The van der Waals surface area contributed by atoms with Gasteiger partial charge in [-0.15, -0.1) is 0 Å². The van der Waals surface area contributed by atoms with E-state index in [1.165, 1.54) is 4.90 Å². The quantitative estimate of drug-likeness (QED) is 0.883. The summed E-state index contributed by atoms with van der Waals surface area (Å²) in [5.41, 5.74) is 1.27. The molecule has 1 saturated carbocycles. The van der Waals surface area contributed by atoms with Gasteiger partial charge in [-0.2, -0.15) is 0 Å². The molecule has 0 aromatic heterocycles. The van der Waals surface area contributed by atoms with E-state index in [0.29, 0.717) is 11.3 Å². The third kappa shape index (κ3) is 3.00. The molecule has 6 heteroatoms. The average Bonchev–Trinajstić information content (AvgIpc) is 3.22. The van der Waals surface area contributed by atoms with Gasteiger partial charge in [-0.1, -0.05) is 31.0 Å². The molecule has 2 N–H and O–H groups in total. The van der Waals surface area contributed by atoms with Gasteiger partial charge >= 0.3 is 5.97 Å². The fourth-order valence-corrected chi connectivity index (χ4v) is 3.64. The Morgan fingerprint density at radius 1 is 1.21 bits per heavy atom. The summed E-state index contributed by atoms with van der Waals surface area (Å²) in [6.45, 7) is 1.77. The van der Waals surface area contributed by atoms with Crippen LogP contribution in [0.15, 0.2) is 24.3 Å². The Labute approximate surface area is 140 Å². The molecule has 1 fully saturated rings. The highest BCUT2D eigenvalue weighted by atomic mass is 16.4. The standard InChI is InChI=1S/C18H22N2O4/c1-11(19-16(21)12-6-2-3-7-12)17(22)20-10-14(18(23)24)13-8-4-5-9-15(13)20/h4-5,8-9,11-12,14H,2-3,6-7,10H2,1H3,(H,19,21)(H,23,24)/t11-,14+/m1/s1. The van der Waals surface area contributed by atoms with Crippen molar-refractivity contribution in [3.8, 4) is 0 Å². The lowest BCUT2D eigenvalue weighted by atomic mass is 10.0. The molecule has 0 spiro atoms. The van der Waals surface area contributed by atoms with Crippen molar-refractivity contribution < 1.29 is 19.5 Å². The van der Waals surface area contributed by atoms with Crippen LogP contribution in [0.2, 0.25) is 0 Å². The number of carbonyl (C=O) groups is 3. The van der Waals surface area contributed by atoms with Crippen LogP contribution in [0, 0.1) is 5.92 Å². The summed E-state index contributed by atoms with van der Waals surface area (Å²) >= 11 is 0. The van der Waals surface area contributed by atoms with Gasteiger partial charge in [0, 0.05) is 18.2 Å². The fraction of sp³-hybridized carbons (Fsp3) is 0.500. The summed E-state index contributed by atoms with van der Waals surface area (Å²) in [5.74, 6) is -2.01. The number of fused-ring (bicyclic) bond motifs is 1. The van der Waals surface area contributed by atoms with E-state index in [9.17, 15) is 19.5 Å². The summed E-state index contributed by atoms with van der Waals surface area (Å²) in [5, 5.41) is 12.2. The molecule has 0 unspecified atom stereocenters. The maximum absolute atomic E-state index is 12.7. The summed E-state index contributed by atoms with van der Waals surface area (Å²) in [6.07, 6.45) is 3.86. The summed E-state index contributed by atoms with van der Waals surface area (Å²) < 4.78 is 0. The first-order valence-corrected chi connectivity index (χ1v) is 8.42. The Morgan fingerprint density at radius 3 is 2.54 bits per heavy atom. The number of carboxylic acids is 1. The number of hydrogen-bond acceptors (Lipinski definition) is 3. The van der Waals surface area contributed by atoms with E-state index in [2.05, 4.69) is 5.32 Å². The van der Waals surface area contributed by atoms with Crippen LogP contribution in [0.1, 0.15) is 44.1 Å². The predicted molar refractivity (Wildman–Crippen MR) is 88.7 cm³/mol. The van der Waals surface area contributed by atoms with Gasteiger partial charge in [0.15, 0.2) is 0 Å². The molecule has 128 valence electrons. The molecule has 24 heavy (non-hydrogen) atoms. The Bertz CT molecular complexity index is 667. The maximum atomic E-state index is 12.7. The molecule has 2 atom stereocenters. The second kappa shape index (κ2) is 6.63. The molecule has 2 amide bonds. The van der Waals surface area contributed by atoms with E-state index in [4.69, 9.17) is 0 Å². The van der Waals surface area contributed by atoms with E-state index in [1.807, 2.05) is 0 Å². The molecular formula is C18H22N2O4. The summed E-state index contributed by atoms with van der Waals surface area (Å²) in [7, 11) is 0. The highest BCUT2D eigenvalue weighted by Gasteiger charge is 2.38. The number of nitrogens with zero attached hydrogens (tertiary/aromatic N) is 1.